The number of hydrogen-bond donors (Lipinski definition) is 1. The molecule has 0 aliphatic carbocycles. The molecular formula is C14H15N3O3. The smallest absolute Gasteiger partial charge is 0.253 e. The van der Waals surface area contributed by atoms with Crippen molar-refractivity contribution in [1.29, 1.82) is 0 Å². The Morgan fingerprint density at radius 3 is 2.65 bits per heavy atom. The summed E-state index contributed by atoms with van der Waals surface area (Å²) in [5.41, 5.74) is 0.600. The monoisotopic (exact) mass is 273 g/mol. The van der Waals surface area contributed by atoms with Crippen LogP contribution < -0.4 is 5.32 Å². The molecule has 6 heteroatoms. The van der Waals surface area contributed by atoms with Crippen LogP contribution >= 0.6 is 0 Å². The van der Waals surface area contributed by atoms with E-state index in [1.165, 1.54) is 0 Å². The van der Waals surface area contributed by atoms with Crippen LogP contribution in [0.2, 0.25) is 0 Å². The number of fused-ring (bicyclic) bond motifs is 1. The van der Waals surface area contributed by atoms with Gasteiger partial charge in [0.05, 0.1) is 13.1 Å². The minimum atomic E-state index is -0.558. The minimum Gasteiger partial charge on any atom is -0.345 e. The van der Waals surface area contributed by atoms with Gasteiger partial charge < -0.3 is 15.1 Å². The average Bonchev–Trinajstić information content (AvgIpc) is 2.51. The molecule has 2 aliphatic heterocycles. The number of rotatable bonds is 1. The van der Waals surface area contributed by atoms with Crippen LogP contribution in [0.15, 0.2) is 30.3 Å². The second-order valence-electron chi connectivity index (χ2n) is 4.94. The van der Waals surface area contributed by atoms with Crippen LogP contribution in [0.4, 0.5) is 0 Å². The van der Waals surface area contributed by atoms with Gasteiger partial charge in [0.15, 0.2) is 0 Å². The second-order valence-corrected chi connectivity index (χ2v) is 4.94. The van der Waals surface area contributed by atoms with Crippen molar-refractivity contribution in [2.75, 3.05) is 26.2 Å². The third-order valence-corrected chi connectivity index (χ3v) is 3.73. The Labute approximate surface area is 116 Å². The van der Waals surface area contributed by atoms with Crippen LogP contribution in [0.25, 0.3) is 0 Å². The van der Waals surface area contributed by atoms with Gasteiger partial charge in [-0.15, -0.1) is 0 Å². The fraction of sp³-hybridized carbons (Fsp3) is 0.357. The summed E-state index contributed by atoms with van der Waals surface area (Å²) in [4.78, 5) is 39.1. The number of hydrogen-bond acceptors (Lipinski definition) is 3. The van der Waals surface area contributed by atoms with Crippen molar-refractivity contribution < 1.29 is 14.4 Å². The predicted octanol–water partition coefficient (Wildman–Crippen LogP) is -0.531. The molecule has 2 heterocycles. The zero-order chi connectivity index (χ0) is 14.1. The predicted molar refractivity (Wildman–Crippen MR) is 70.9 cm³/mol. The standard InChI is InChI=1S/C14H15N3O3/c18-12-8-15-13(19)11-9-16(6-7-17(11)12)14(20)10-4-2-1-3-5-10/h1-5,11H,6-9H2,(H,15,19)/t11-/m1/s1. The first kappa shape index (κ1) is 12.7. The summed E-state index contributed by atoms with van der Waals surface area (Å²) in [5.74, 6) is -0.368. The zero-order valence-corrected chi connectivity index (χ0v) is 10.9. The highest BCUT2D eigenvalue weighted by Gasteiger charge is 2.39. The number of nitrogens with zero attached hydrogens (tertiary/aromatic N) is 2. The Hall–Kier alpha value is -2.37. The topological polar surface area (TPSA) is 69.7 Å². The minimum absolute atomic E-state index is 0.0575. The van der Waals surface area contributed by atoms with Crippen molar-refractivity contribution in [3.63, 3.8) is 0 Å². The van der Waals surface area contributed by atoms with Crippen molar-refractivity contribution in [3.05, 3.63) is 35.9 Å². The van der Waals surface area contributed by atoms with E-state index in [2.05, 4.69) is 5.32 Å². The van der Waals surface area contributed by atoms with Gasteiger partial charge in [-0.25, -0.2) is 0 Å². The van der Waals surface area contributed by atoms with E-state index in [4.69, 9.17) is 0 Å². The highest BCUT2D eigenvalue weighted by molar-refractivity contribution is 5.97. The molecule has 0 radical (unpaired) electrons. The summed E-state index contributed by atoms with van der Waals surface area (Å²) in [6.07, 6.45) is 0. The normalized spacial score (nSPS) is 22.3. The molecule has 1 aromatic rings. The average molecular weight is 273 g/mol. The van der Waals surface area contributed by atoms with Gasteiger partial charge in [-0.05, 0) is 12.1 Å². The lowest BCUT2D eigenvalue weighted by atomic mass is 10.1. The molecule has 0 bridgehead atoms. The van der Waals surface area contributed by atoms with Gasteiger partial charge in [-0.1, -0.05) is 18.2 Å². The van der Waals surface area contributed by atoms with Gasteiger partial charge in [0.2, 0.25) is 11.8 Å². The Bertz CT molecular complexity index is 558. The summed E-state index contributed by atoms with van der Waals surface area (Å²) in [7, 11) is 0. The maximum Gasteiger partial charge on any atom is 0.253 e. The largest absolute Gasteiger partial charge is 0.345 e. The Kier molecular flexibility index (Phi) is 3.14. The van der Waals surface area contributed by atoms with Crippen LogP contribution in [0.5, 0.6) is 0 Å². The van der Waals surface area contributed by atoms with Gasteiger partial charge in [-0.2, -0.15) is 0 Å². The molecule has 2 fully saturated rings. The molecule has 2 saturated heterocycles. The molecule has 3 amide bonds. The summed E-state index contributed by atoms with van der Waals surface area (Å²) in [6.45, 7) is 1.19. The van der Waals surface area contributed by atoms with Crippen molar-refractivity contribution in [1.82, 2.24) is 15.1 Å². The van der Waals surface area contributed by atoms with Crippen LogP contribution in [-0.4, -0.2) is 59.7 Å². The van der Waals surface area contributed by atoms with E-state index < -0.39 is 6.04 Å². The number of carbonyl (C=O) groups is 3. The maximum absolute atomic E-state index is 12.4. The first-order valence-corrected chi connectivity index (χ1v) is 6.58. The summed E-state index contributed by atoms with van der Waals surface area (Å²) in [6, 6.07) is 8.40. The van der Waals surface area contributed by atoms with Gasteiger partial charge in [0, 0.05) is 18.7 Å². The molecule has 1 N–H and O–H groups in total. The third-order valence-electron chi connectivity index (χ3n) is 3.73. The molecular weight excluding hydrogens is 258 g/mol. The van der Waals surface area contributed by atoms with E-state index in [0.717, 1.165) is 0 Å². The highest BCUT2D eigenvalue weighted by atomic mass is 16.2. The quantitative estimate of drug-likeness (QED) is 0.748. The van der Waals surface area contributed by atoms with E-state index >= 15 is 0 Å². The van der Waals surface area contributed by atoms with Crippen LogP contribution in [0.3, 0.4) is 0 Å². The molecule has 0 unspecified atom stereocenters. The van der Waals surface area contributed by atoms with E-state index in [1.54, 1.807) is 34.1 Å². The van der Waals surface area contributed by atoms with E-state index in [9.17, 15) is 14.4 Å². The lowest BCUT2D eigenvalue weighted by Gasteiger charge is -2.42. The maximum atomic E-state index is 12.4. The molecule has 1 aromatic carbocycles. The summed E-state index contributed by atoms with van der Waals surface area (Å²) < 4.78 is 0. The van der Waals surface area contributed by atoms with Crippen LogP contribution in [0.1, 0.15) is 10.4 Å². The fourth-order valence-electron chi connectivity index (χ4n) is 2.64. The van der Waals surface area contributed by atoms with Crippen molar-refractivity contribution in [2.24, 2.45) is 0 Å². The van der Waals surface area contributed by atoms with Crippen LogP contribution in [-0.2, 0) is 9.59 Å². The Morgan fingerprint density at radius 2 is 1.90 bits per heavy atom. The van der Waals surface area contributed by atoms with E-state index in [-0.39, 0.29) is 30.8 Å². The van der Waals surface area contributed by atoms with Crippen molar-refractivity contribution in [2.45, 2.75) is 6.04 Å². The molecule has 0 spiro atoms. The lowest BCUT2D eigenvalue weighted by Crippen LogP contribution is -2.66. The number of amides is 3. The highest BCUT2D eigenvalue weighted by Crippen LogP contribution is 2.15. The molecule has 0 saturated carbocycles. The molecule has 1 atom stereocenters. The zero-order valence-electron chi connectivity index (χ0n) is 10.9. The van der Waals surface area contributed by atoms with Crippen LogP contribution in [0, 0.1) is 0 Å². The molecule has 0 aromatic heterocycles. The van der Waals surface area contributed by atoms with Gasteiger partial charge in [0.1, 0.15) is 6.04 Å². The fourth-order valence-corrected chi connectivity index (χ4v) is 2.64. The van der Waals surface area contributed by atoms with E-state index in [0.29, 0.717) is 18.7 Å². The number of nitrogens with one attached hydrogen (secondary N) is 1. The molecule has 104 valence electrons. The van der Waals surface area contributed by atoms with Gasteiger partial charge >= 0.3 is 0 Å². The van der Waals surface area contributed by atoms with Crippen molar-refractivity contribution in [3.8, 4) is 0 Å². The molecule has 20 heavy (non-hydrogen) atoms. The summed E-state index contributed by atoms with van der Waals surface area (Å²) >= 11 is 0. The number of carbonyl (C=O) groups excluding carboxylic acids is 3. The first-order valence-electron chi connectivity index (χ1n) is 6.58. The van der Waals surface area contributed by atoms with Gasteiger partial charge in [-0.3, -0.25) is 14.4 Å². The second kappa shape index (κ2) is 4.96. The molecule has 3 rings (SSSR count). The number of piperazine rings is 2. The summed E-state index contributed by atoms with van der Waals surface area (Å²) in [5, 5.41) is 2.56. The Balaban J connectivity index is 1.76. The first-order chi connectivity index (χ1) is 9.66. The van der Waals surface area contributed by atoms with Crippen molar-refractivity contribution >= 4 is 17.7 Å². The third kappa shape index (κ3) is 2.13. The van der Waals surface area contributed by atoms with Gasteiger partial charge in [0.25, 0.3) is 5.91 Å². The van der Waals surface area contributed by atoms with E-state index in [1.807, 2.05) is 6.07 Å². The SMILES string of the molecule is O=C1NCC(=O)N2CCN(C(=O)c3ccccc3)C[C@H]12. The number of benzene rings is 1. The lowest BCUT2D eigenvalue weighted by molar-refractivity contribution is -0.148. The Morgan fingerprint density at radius 1 is 1.15 bits per heavy atom. The molecule has 6 nitrogen and oxygen atoms in total. The molecule has 2 aliphatic rings.